The van der Waals surface area contributed by atoms with Crippen molar-refractivity contribution in [1.82, 2.24) is 5.32 Å². The summed E-state index contributed by atoms with van der Waals surface area (Å²) in [6.45, 7) is 3.73. The Bertz CT molecular complexity index is 707. The number of hydrogen-bond acceptors (Lipinski definition) is 7. The Morgan fingerprint density at radius 3 is 2.68 bits per heavy atom. The van der Waals surface area contributed by atoms with Crippen LogP contribution in [0.3, 0.4) is 0 Å². The zero-order valence-corrected chi connectivity index (χ0v) is 14.7. The van der Waals surface area contributed by atoms with Crippen LogP contribution in [0, 0.1) is 10.1 Å². The third kappa shape index (κ3) is 7.45. The van der Waals surface area contributed by atoms with E-state index in [0.29, 0.717) is 26.2 Å². The fourth-order valence-corrected chi connectivity index (χ4v) is 2.47. The van der Waals surface area contributed by atoms with E-state index in [0.717, 1.165) is 6.07 Å². The summed E-state index contributed by atoms with van der Waals surface area (Å²) in [6.07, 6.45) is 0.816. The molecule has 10 nitrogen and oxygen atoms in total. The maximum Gasteiger partial charge on any atom is 0.293 e. The Morgan fingerprint density at radius 1 is 1.36 bits per heavy atom. The molecule has 0 unspecified atom stereocenters. The van der Waals surface area contributed by atoms with Gasteiger partial charge in [-0.05, 0) is 25.5 Å². The third-order valence-electron chi connectivity index (χ3n) is 3.15. The van der Waals surface area contributed by atoms with Crippen LogP contribution in [0.1, 0.15) is 19.8 Å². The quantitative estimate of drug-likeness (QED) is 0.291. The largest absolute Gasteiger partial charge is 0.382 e. The van der Waals surface area contributed by atoms with Crippen LogP contribution in [0.15, 0.2) is 23.1 Å². The van der Waals surface area contributed by atoms with Crippen molar-refractivity contribution in [2.75, 3.05) is 31.6 Å². The van der Waals surface area contributed by atoms with Gasteiger partial charge in [0.2, 0.25) is 15.9 Å². The van der Waals surface area contributed by atoms with Gasteiger partial charge in [0.05, 0.1) is 9.82 Å². The summed E-state index contributed by atoms with van der Waals surface area (Å²) < 4.78 is 27.7. The van der Waals surface area contributed by atoms with Crippen molar-refractivity contribution in [1.29, 1.82) is 0 Å². The van der Waals surface area contributed by atoms with E-state index in [9.17, 15) is 23.3 Å². The van der Waals surface area contributed by atoms with Crippen LogP contribution in [-0.2, 0) is 19.6 Å². The van der Waals surface area contributed by atoms with Crippen LogP contribution in [0.25, 0.3) is 0 Å². The number of carbonyl (C=O) groups excluding carboxylic acids is 1. The van der Waals surface area contributed by atoms with E-state index in [-0.39, 0.29) is 29.5 Å². The second-order valence-electron chi connectivity index (χ2n) is 5.06. The molecule has 0 aliphatic rings. The first kappa shape index (κ1) is 20.8. The van der Waals surface area contributed by atoms with E-state index < -0.39 is 20.6 Å². The average Bonchev–Trinajstić information content (AvgIpc) is 2.53. The number of nitro groups is 1. The zero-order valence-electron chi connectivity index (χ0n) is 13.9. The van der Waals surface area contributed by atoms with Gasteiger partial charge in [-0.25, -0.2) is 13.6 Å². The van der Waals surface area contributed by atoms with Crippen molar-refractivity contribution >= 4 is 27.3 Å². The third-order valence-corrected chi connectivity index (χ3v) is 4.06. The molecule has 140 valence electrons. The molecular weight excluding hydrogens is 352 g/mol. The van der Waals surface area contributed by atoms with Gasteiger partial charge in [-0.15, -0.1) is 0 Å². The van der Waals surface area contributed by atoms with E-state index in [1.165, 1.54) is 12.1 Å². The number of amides is 1. The molecule has 0 atom stereocenters. The number of benzene rings is 1. The summed E-state index contributed by atoms with van der Waals surface area (Å²) in [5.74, 6) is -0.201. The summed E-state index contributed by atoms with van der Waals surface area (Å²) in [5.41, 5.74) is -0.315. The van der Waals surface area contributed by atoms with Crippen molar-refractivity contribution < 1.29 is 22.9 Å². The predicted octanol–water partition coefficient (Wildman–Crippen LogP) is 0.587. The average molecular weight is 374 g/mol. The van der Waals surface area contributed by atoms with Crippen LogP contribution in [0.4, 0.5) is 11.4 Å². The molecule has 1 rings (SSSR count). The Hall–Kier alpha value is -2.24. The van der Waals surface area contributed by atoms with E-state index in [2.05, 4.69) is 10.6 Å². The minimum Gasteiger partial charge on any atom is -0.382 e. The molecule has 0 saturated carbocycles. The Balaban J connectivity index is 2.54. The predicted molar refractivity (Wildman–Crippen MR) is 91.7 cm³/mol. The first-order valence-corrected chi connectivity index (χ1v) is 9.20. The standard InChI is InChI=1S/C14H22N4O6S/c1-2-24-9-3-7-17-14(19)6-8-16-12-5-4-11(25(15,22)23)10-13(12)18(20)21/h4-5,10,16H,2-3,6-9H2,1H3,(H,17,19)(H2,15,22,23). The monoisotopic (exact) mass is 374 g/mol. The summed E-state index contributed by atoms with van der Waals surface area (Å²) in [6, 6.07) is 3.29. The SMILES string of the molecule is CCOCCCNC(=O)CCNc1ccc(S(N)(=O)=O)cc1[N+](=O)[O-]. The molecule has 0 spiro atoms. The van der Waals surface area contributed by atoms with Crippen molar-refractivity contribution in [3.05, 3.63) is 28.3 Å². The number of nitrogens with two attached hydrogens (primary N) is 1. The minimum atomic E-state index is -4.03. The van der Waals surface area contributed by atoms with E-state index in [4.69, 9.17) is 9.88 Å². The number of primary sulfonamides is 1. The first-order chi connectivity index (χ1) is 11.8. The summed E-state index contributed by atoms with van der Waals surface area (Å²) in [7, 11) is -4.03. The molecule has 0 heterocycles. The lowest BCUT2D eigenvalue weighted by atomic mass is 10.2. The first-order valence-electron chi connectivity index (χ1n) is 7.65. The highest BCUT2D eigenvalue weighted by molar-refractivity contribution is 7.89. The summed E-state index contributed by atoms with van der Waals surface area (Å²) >= 11 is 0. The number of carbonyl (C=O) groups is 1. The van der Waals surface area contributed by atoms with E-state index in [1.54, 1.807) is 0 Å². The number of nitro benzene ring substituents is 1. The Kier molecular flexibility index (Phi) is 8.25. The molecule has 0 aliphatic carbocycles. The second-order valence-corrected chi connectivity index (χ2v) is 6.62. The molecule has 11 heteroatoms. The van der Waals surface area contributed by atoms with Crippen molar-refractivity contribution in [3.8, 4) is 0 Å². The Morgan fingerprint density at radius 2 is 2.08 bits per heavy atom. The molecule has 0 aliphatic heterocycles. The zero-order chi connectivity index (χ0) is 18.9. The van der Waals surface area contributed by atoms with Crippen LogP contribution in [-0.4, -0.2) is 45.6 Å². The van der Waals surface area contributed by atoms with Crippen LogP contribution in [0.5, 0.6) is 0 Å². The molecule has 1 aromatic rings. The van der Waals surface area contributed by atoms with Gasteiger partial charge in [-0.1, -0.05) is 0 Å². The number of ether oxygens (including phenoxy) is 1. The van der Waals surface area contributed by atoms with Gasteiger partial charge in [0, 0.05) is 38.8 Å². The fraction of sp³-hybridized carbons (Fsp3) is 0.500. The molecule has 1 amide bonds. The minimum absolute atomic E-state index is 0.113. The highest BCUT2D eigenvalue weighted by Gasteiger charge is 2.18. The number of nitrogens with one attached hydrogen (secondary N) is 2. The molecular formula is C14H22N4O6S. The van der Waals surface area contributed by atoms with Gasteiger partial charge < -0.3 is 15.4 Å². The van der Waals surface area contributed by atoms with Crippen molar-refractivity contribution in [2.45, 2.75) is 24.7 Å². The van der Waals surface area contributed by atoms with Gasteiger partial charge >= 0.3 is 0 Å². The highest BCUT2D eigenvalue weighted by Crippen LogP contribution is 2.27. The molecule has 0 bridgehead atoms. The second kappa shape index (κ2) is 9.91. The number of hydrogen-bond donors (Lipinski definition) is 3. The number of sulfonamides is 1. The lowest BCUT2D eigenvalue weighted by Gasteiger charge is -2.09. The normalized spacial score (nSPS) is 11.1. The molecule has 25 heavy (non-hydrogen) atoms. The molecule has 0 aromatic heterocycles. The lowest BCUT2D eigenvalue weighted by molar-refractivity contribution is -0.384. The topological polar surface area (TPSA) is 154 Å². The lowest BCUT2D eigenvalue weighted by Crippen LogP contribution is -2.27. The van der Waals surface area contributed by atoms with Crippen molar-refractivity contribution in [3.63, 3.8) is 0 Å². The van der Waals surface area contributed by atoms with E-state index >= 15 is 0 Å². The molecule has 4 N–H and O–H groups in total. The van der Waals surface area contributed by atoms with Gasteiger partial charge in [-0.3, -0.25) is 14.9 Å². The number of nitrogens with zero attached hydrogens (tertiary/aromatic N) is 1. The number of rotatable bonds is 11. The maximum atomic E-state index is 11.6. The summed E-state index contributed by atoms with van der Waals surface area (Å²) in [4.78, 5) is 21.6. The van der Waals surface area contributed by atoms with E-state index in [1.807, 2.05) is 6.92 Å². The fourth-order valence-electron chi connectivity index (χ4n) is 1.93. The smallest absolute Gasteiger partial charge is 0.293 e. The van der Waals surface area contributed by atoms with Gasteiger partial charge in [-0.2, -0.15) is 0 Å². The van der Waals surface area contributed by atoms with Crippen LogP contribution in [0.2, 0.25) is 0 Å². The molecule has 0 radical (unpaired) electrons. The van der Waals surface area contributed by atoms with Crippen LogP contribution >= 0.6 is 0 Å². The Labute approximate surface area is 145 Å². The number of anilines is 1. The molecule has 0 saturated heterocycles. The molecule has 1 aromatic carbocycles. The summed E-state index contributed by atoms with van der Waals surface area (Å²) in [5, 5.41) is 21.5. The van der Waals surface area contributed by atoms with Gasteiger partial charge in [0.15, 0.2) is 0 Å². The van der Waals surface area contributed by atoms with Crippen molar-refractivity contribution in [2.24, 2.45) is 5.14 Å². The maximum absolute atomic E-state index is 11.6. The van der Waals surface area contributed by atoms with Crippen LogP contribution < -0.4 is 15.8 Å². The highest BCUT2D eigenvalue weighted by atomic mass is 32.2. The van der Waals surface area contributed by atoms with Gasteiger partial charge in [0.1, 0.15) is 5.69 Å². The molecule has 0 fully saturated rings. The van der Waals surface area contributed by atoms with Gasteiger partial charge in [0.25, 0.3) is 5.69 Å².